The van der Waals surface area contributed by atoms with Gasteiger partial charge in [-0.15, -0.1) is 0 Å². The number of nitrogens with zero attached hydrogens (tertiary/aromatic N) is 3. The standard InChI is InChI=1S/C12H18N4O2/c1-8-13-11(18-15-8)7-16-6-2-3-10(12(16)17)14-9-4-5-9/h9-10,14H,2-7H2,1H3. The van der Waals surface area contributed by atoms with E-state index in [0.29, 0.717) is 24.3 Å². The molecule has 1 aliphatic carbocycles. The van der Waals surface area contributed by atoms with Gasteiger partial charge < -0.3 is 14.7 Å². The second kappa shape index (κ2) is 4.68. The Kier molecular flexibility index (Phi) is 3.03. The lowest BCUT2D eigenvalue weighted by Crippen LogP contribution is -2.50. The second-order valence-corrected chi connectivity index (χ2v) is 5.13. The number of amides is 1. The van der Waals surface area contributed by atoms with Crippen molar-refractivity contribution in [1.82, 2.24) is 20.4 Å². The van der Waals surface area contributed by atoms with Crippen LogP contribution in [0.2, 0.25) is 0 Å². The fourth-order valence-electron chi connectivity index (χ4n) is 2.35. The molecule has 0 spiro atoms. The van der Waals surface area contributed by atoms with Gasteiger partial charge in [0.25, 0.3) is 0 Å². The zero-order valence-corrected chi connectivity index (χ0v) is 10.6. The van der Waals surface area contributed by atoms with E-state index in [1.807, 2.05) is 4.90 Å². The SMILES string of the molecule is Cc1noc(CN2CCCC(NC3CC3)C2=O)n1. The van der Waals surface area contributed by atoms with Gasteiger partial charge in [-0.3, -0.25) is 4.79 Å². The molecule has 1 atom stereocenters. The van der Waals surface area contributed by atoms with Crippen LogP contribution >= 0.6 is 0 Å². The first-order valence-electron chi connectivity index (χ1n) is 6.56. The molecule has 3 rings (SSSR count). The number of rotatable bonds is 4. The zero-order chi connectivity index (χ0) is 12.5. The van der Waals surface area contributed by atoms with Crippen molar-refractivity contribution < 1.29 is 9.32 Å². The Morgan fingerprint density at radius 1 is 1.44 bits per heavy atom. The molecule has 1 amide bonds. The Balaban J connectivity index is 1.62. The van der Waals surface area contributed by atoms with Crippen molar-refractivity contribution in [3.05, 3.63) is 11.7 Å². The van der Waals surface area contributed by atoms with Crippen molar-refractivity contribution in [2.24, 2.45) is 0 Å². The lowest BCUT2D eigenvalue weighted by molar-refractivity contribution is -0.137. The third-order valence-electron chi connectivity index (χ3n) is 3.44. The first-order valence-corrected chi connectivity index (χ1v) is 6.56. The Labute approximate surface area is 106 Å². The monoisotopic (exact) mass is 250 g/mol. The molecular weight excluding hydrogens is 232 g/mol. The van der Waals surface area contributed by atoms with Gasteiger partial charge in [0.1, 0.15) is 6.54 Å². The van der Waals surface area contributed by atoms with Gasteiger partial charge in [-0.25, -0.2) is 0 Å². The number of carbonyl (C=O) groups excluding carboxylic acids is 1. The molecule has 1 N–H and O–H groups in total. The zero-order valence-electron chi connectivity index (χ0n) is 10.6. The largest absolute Gasteiger partial charge is 0.337 e. The minimum absolute atomic E-state index is 0.0183. The Morgan fingerprint density at radius 2 is 2.28 bits per heavy atom. The van der Waals surface area contributed by atoms with Crippen LogP contribution in [0.5, 0.6) is 0 Å². The molecule has 1 unspecified atom stereocenters. The maximum absolute atomic E-state index is 12.3. The molecule has 2 aliphatic rings. The van der Waals surface area contributed by atoms with E-state index in [-0.39, 0.29) is 11.9 Å². The number of likely N-dealkylation sites (tertiary alicyclic amines) is 1. The van der Waals surface area contributed by atoms with E-state index in [1.54, 1.807) is 6.92 Å². The maximum Gasteiger partial charge on any atom is 0.246 e. The predicted molar refractivity (Wildman–Crippen MR) is 63.6 cm³/mol. The Hall–Kier alpha value is -1.43. The quantitative estimate of drug-likeness (QED) is 0.848. The molecule has 6 nitrogen and oxygen atoms in total. The summed E-state index contributed by atoms with van der Waals surface area (Å²) >= 11 is 0. The summed E-state index contributed by atoms with van der Waals surface area (Å²) in [7, 11) is 0. The lowest BCUT2D eigenvalue weighted by atomic mass is 10.0. The van der Waals surface area contributed by atoms with Crippen molar-refractivity contribution >= 4 is 5.91 Å². The predicted octanol–water partition coefficient (Wildman–Crippen LogP) is 0.621. The smallest absolute Gasteiger partial charge is 0.246 e. The molecule has 1 saturated heterocycles. The number of aromatic nitrogens is 2. The summed E-state index contributed by atoms with van der Waals surface area (Å²) in [4.78, 5) is 18.2. The Morgan fingerprint density at radius 3 is 2.94 bits per heavy atom. The van der Waals surface area contributed by atoms with E-state index in [1.165, 1.54) is 12.8 Å². The van der Waals surface area contributed by atoms with E-state index < -0.39 is 0 Å². The Bertz CT molecular complexity index is 441. The molecule has 0 bridgehead atoms. The highest BCUT2D eigenvalue weighted by Gasteiger charge is 2.33. The highest BCUT2D eigenvalue weighted by atomic mass is 16.5. The molecule has 98 valence electrons. The fraction of sp³-hybridized carbons (Fsp3) is 0.750. The summed E-state index contributed by atoms with van der Waals surface area (Å²) in [6, 6.07) is 0.541. The van der Waals surface area contributed by atoms with Crippen molar-refractivity contribution in [3.63, 3.8) is 0 Å². The fourth-order valence-corrected chi connectivity index (χ4v) is 2.35. The van der Waals surface area contributed by atoms with Crippen LogP contribution in [0.25, 0.3) is 0 Å². The lowest BCUT2D eigenvalue weighted by Gasteiger charge is -2.31. The van der Waals surface area contributed by atoms with Crippen molar-refractivity contribution in [3.8, 4) is 0 Å². The van der Waals surface area contributed by atoms with Crippen LogP contribution < -0.4 is 5.32 Å². The number of hydrogen-bond donors (Lipinski definition) is 1. The normalized spacial score (nSPS) is 24.6. The average molecular weight is 250 g/mol. The third-order valence-corrected chi connectivity index (χ3v) is 3.44. The van der Waals surface area contributed by atoms with Crippen LogP contribution in [0, 0.1) is 6.92 Å². The maximum atomic E-state index is 12.3. The van der Waals surface area contributed by atoms with E-state index >= 15 is 0 Å². The van der Waals surface area contributed by atoms with Gasteiger partial charge in [-0.05, 0) is 32.6 Å². The number of aryl methyl sites for hydroxylation is 1. The summed E-state index contributed by atoms with van der Waals surface area (Å²) in [5.41, 5.74) is 0. The van der Waals surface area contributed by atoms with Gasteiger partial charge in [0.2, 0.25) is 11.8 Å². The van der Waals surface area contributed by atoms with Gasteiger partial charge in [0.15, 0.2) is 5.82 Å². The van der Waals surface area contributed by atoms with Gasteiger partial charge >= 0.3 is 0 Å². The van der Waals surface area contributed by atoms with Crippen LogP contribution in [0.4, 0.5) is 0 Å². The topological polar surface area (TPSA) is 71.3 Å². The highest BCUT2D eigenvalue weighted by Crippen LogP contribution is 2.23. The number of carbonyl (C=O) groups is 1. The van der Waals surface area contributed by atoms with Crippen LogP contribution in [-0.4, -0.2) is 39.6 Å². The van der Waals surface area contributed by atoms with E-state index in [2.05, 4.69) is 15.5 Å². The van der Waals surface area contributed by atoms with Crippen LogP contribution in [0.3, 0.4) is 0 Å². The van der Waals surface area contributed by atoms with Crippen LogP contribution in [-0.2, 0) is 11.3 Å². The van der Waals surface area contributed by atoms with Crippen LogP contribution in [0.1, 0.15) is 37.4 Å². The highest BCUT2D eigenvalue weighted by molar-refractivity contribution is 5.82. The molecule has 2 heterocycles. The van der Waals surface area contributed by atoms with Crippen molar-refractivity contribution in [2.45, 2.75) is 51.2 Å². The third kappa shape index (κ3) is 2.53. The molecule has 18 heavy (non-hydrogen) atoms. The van der Waals surface area contributed by atoms with E-state index in [9.17, 15) is 4.79 Å². The van der Waals surface area contributed by atoms with E-state index in [4.69, 9.17) is 4.52 Å². The second-order valence-electron chi connectivity index (χ2n) is 5.13. The molecule has 1 aromatic heterocycles. The molecule has 1 aromatic rings. The number of hydrogen-bond acceptors (Lipinski definition) is 5. The summed E-state index contributed by atoms with van der Waals surface area (Å²) in [6.45, 7) is 2.99. The van der Waals surface area contributed by atoms with E-state index in [0.717, 1.165) is 19.4 Å². The molecule has 0 radical (unpaired) electrons. The number of nitrogens with one attached hydrogen (secondary N) is 1. The minimum atomic E-state index is -0.0183. The summed E-state index contributed by atoms with van der Waals surface area (Å²) in [6.07, 6.45) is 4.37. The summed E-state index contributed by atoms with van der Waals surface area (Å²) in [5.74, 6) is 1.30. The van der Waals surface area contributed by atoms with Gasteiger partial charge in [-0.2, -0.15) is 4.98 Å². The minimum Gasteiger partial charge on any atom is -0.337 e. The first-order chi connectivity index (χ1) is 8.72. The van der Waals surface area contributed by atoms with Crippen molar-refractivity contribution in [1.29, 1.82) is 0 Å². The molecule has 1 aliphatic heterocycles. The molecule has 2 fully saturated rings. The molecule has 0 aromatic carbocycles. The van der Waals surface area contributed by atoms with Gasteiger partial charge in [0, 0.05) is 12.6 Å². The molecule has 1 saturated carbocycles. The average Bonchev–Trinajstić information content (AvgIpc) is 3.07. The molecular formula is C12H18N4O2. The first kappa shape index (κ1) is 11.6. The van der Waals surface area contributed by atoms with Gasteiger partial charge in [-0.1, -0.05) is 5.16 Å². The van der Waals surface area contributed by atoms with Crippen LogP contribution in [0.15, 0.2) is 4.52 Å². The summed E-state index contributed by atoms with van der Waals surface area (Å²) in [5, 5.41) is 7.15. The molecule has 6 heteroatoms. The van der Waals surface area contributed by atoms with Crippen molar-refractivity contribution in [2.75, 3.05) is 6.54 Å². The van der Waals surface area contributed by atoms with Gasteiger partial charge in [0.05, 0.1) is 6.04 Å². The number of piperidine rings is 1. The summed E-state index contributed by atoms with van der Waals surface area (Å²) < 4.78 is 5.07.